The van der Waals surface area contributed by atoms with Gasteiger partial charge < -0.3 is 4.74 Å². The molecule has 0 N–H and O–H groups in total. The van der Waals surface area contributed by atoms with E-state index < -0.39 is 0 Å². The molecule has 2 nitrogen and oxygen atoms in total. The van der Waals surface area contributed by atoms with Crippen molar-refractivity contribution in [2.45, 2.75) is 20.5 Å². The number of nitrogens with zero attached hydrogens (tertiary/aromatic N) is 1. The predicted octanol–water partition coefficient (Wildman–Crippen LogP) is 5.63. The van der Waals surface area contributed by atoms with Gasteiger partial charge in [0.1, 0.15) is 12.4 Å². The molecule has 0 bridgehead atoms. The van der Waals surface area contributed by atoms with E-state index in [9.17, 15) is 0 Å². The second kappa shape index (κ2) is 7.60. The van der Waals surface area contributed by atoms with E-state index in [4.69, 9.17) is 4.74 Å². The Bertz CT molecular complexity index is 820. The Balaban J connectivity index is 1.61. The maximum absolute atomic E-state index is 5.79. The van der Waals surface area contributed by atoms with Crippen LogP contribution >= 0.6 is 0 Å². The molecule has 0 aromatic heterocycles. The van der Waals surface area contributed by atoms with Crippen LogP contribution < -0.4 is 4.74 Å². The Hall–Kier alpha value is -2.87. The number of aryl methyl sites for hydroxylation is 2. The summed E-state index contributed by atoms with van der Waals surface area (Å²) in [5.41, 5.74) is 5.74. The standard InChI is InChI=1S/C22H21NO/c1-17-8-11-21(14-18(17)2)23-15-19-9-12-22(13-10-19)24-16-20-6-4-3-5-7-20/h3-15H,16H2,1-2H3. The van der Waals surface area contributed by atoms with Crippen molar-refractivity contribution in [3.8, 4) is 5.75 Å². The number of rotatable bonds is 5. The largest absolute Gasteiger partial charge is 0.489 e. The molecule has 0 fully saturated rings. The van der Waals surface area contributed by atoms with Gasteiger partial charge in [0, 0.05) is 6.21 Å². The predicted molar refractivity (Wildman–Crippen MR) is 100 cm³/mol. The van der Waals surface area contributed by atoms with Crippen molar-refractivity contribution in [1.82, 2.24) is 0 Å². The van der Waals surface area contributed by atoms with E-state index in [1.54, 1.807) is 0 Å². The molecule has 0 atom stereocenters. The lowest BCUT2D eigenvalue weighted by Gasteiger charge is -2.06. The van der Waals surface area contributed by atoms with E-state index in [1.807, 2.05) is 54.7 Å². The zero-order valence-corrected chi connectivity index (χ0v) is 14.1. The van der Waals surface area contributed by atoms with Gasteiger partial charge in [0.2, 0.25) is 0 Å². The van der Waals surface area contributed by atoms with Crippen molar-refractivity contribution in [3.63, 3.8) is 0 Å². The van der Waals surface area contributed by atoms with E-state index in [1.165, 1.54) is 11.1 Å². The molecule has 2 heteroatoms. The first-order valence-electron chi connectivity index (χ1n) is 8.09. The fraction of sp³-hybridized carbons (Fsp3) is 0.136. The highest BCUT2D eigenvalue weighted by Crippen LogP contribution is 2.18. The number of aliphatic imine (C=N–C) groups is 1. The second-order valence-corrected chi connectivity index (χ2v) is 5.87. The van der Waals surface area contributed by atoms with Crippen LogP contribution in [0.15, 0.2) is 77.8 Å². The van der Waals surface area contributed by atoms with Crippen LogP contribution in [0.2, 0.25) is 0 Å². The molecule has 3 rings (SSSR count). The zero-order valence-electron chi connectivity index (χ0n) is 14.1. The third kappa shape index (κ3) is 4.32. The molecule has 0 saturated heterocycles. The summed E-state index contributed by atoms with van der Waals surface area (Å²) in [5.74, 6) is 0.863. The van der Waals surface area contributed by atoms with Crippen molar-refractivity contribution in [2.24, 2.45) is 4.99 Å². The Morgan fingerprint density at radius 3 is 2.29 bits per heavy atom. The second-order valence-electron chi connectivity index (χ2n) is 5.87. The van der Waals surface area contributed by atoms with Gasteiger partial charge >= 0.3 is 0 Å². The summed E-state index contributed by atoms with van der Waals surface area (Å²) in [4.78, 5) is 4.54. The zero-order chi connectivity index (χ0) is 16.8. The third-order valence-corrected chi connectivity index (χ3v) is 3.98. The summed E-state index contributed by atoms with van der Waals surface area (Å²) in [5, 5.41) is 0. The van der Waals surface area contributed by atoms with Gasteiger partial charge in [-0.25, -0.2) is 0 Å². The Morgan fingerprint density at radius 1 is 0.833 bits per heavy atom. The lowest BCUT2D eigenvalue weighted by atomic mass is 10.1. The van der Waals surface area contributed by atoms with Gasteiger partial charge in [-0.05, 0) is 72.5 Å². The highest BCUT2D eigenvalue weighted by molar-refractivity contribution is 5.82. The van der Waals surface area contributed by atoms with Crippen LogP contribution in [0.3, 0.4) is 0 Å². The average molecular weight is 315 g/mol. The minimum absolute atomic E-state index is 0.580. The quantitative estimate of drug-likeness (QED) is 0.559. The number of benzene rings is 3. The monoisotopic (exact) mass is 315 g/mol. The van der Waals surface area contributed by atoms with Gasteiger partial charge in [0.15, 0.2) is 0 Å². The molecule has 0 amide bonds. The topological polar surface area (TPSA) is 21.6 Å². The van der Waals surface area contributed by atoms with Crippen LogP contribution in [-0.4, -0.2) is 6.21 Å². The Morgan fingerprint density at radius 2 is 1.58 bits per heavy atom. The first kappa shape index (κ1) is 16.0. The Labute approximate surface area is 143 Å². The third-order valence-electron chi connectivity index (χ3n) is 3.98. The smallest absolute Gasteiger partial charge is 0.119 e. The molecule has 0 unspecified atom stereocenters. The maximum atomic E-state index is 5.79. The summed E-state index contributed by atoms with van der Waals surface area (Å²) in [7, 11) is 0. The summed E-state index contributed by atoms with van der Waals surface area (Å²) in [6.07, 6.45) is 1.88. The highest BCUT2D eigenvalue weighted by Gasteiger charge is 1.97. The minimum atomic E-state index is 0.580. The number of hydrogen-bond acceptors (Lipinski definition) is 2. The summed E-state index contributed by atoms with van der Waals surface area (Å²) in [6, 6.07) is 24.4. The Kier molecular flexibility index (Phi) is 5.07. The van der Waals surface area contributed by atoms with Crippen molar-refractivity contribution >= 4 is 11.9 Å². The van der Waals surface area contributed by atoms with Crippen LogP contribution in [0.1, 0.15) is 22.3 Å². The number of hydrogen-bond donors (Lipinski definition) is 0. The molecule has 3 aromatic rings. The molecule has 0 spiro atoms. The molecular weight excluding hydrogens is 294 g/mol. The molecule has 0 aliphatic rings. The van der Waals surface area contributed by atoms with Crippen molar-refractivity contribution in [3.05, 3.63) is 95.1 Å². The first-order valence-corrected chi connectivity index (χ1v) is 8.09. The van der Waals surface area contributed by atoms with E-state index in [-0.39, 0.29) is 0 Å². The SMILES string of the molecule is Cc1ccc(N=Cc2ccc(OCc3ccccc3)cc2)cc1C. The fourth-order valence-corrected chi connectivity index (χ4v) is 2.35. The van der Waals surface area contributed by atoms with Crippen LogP contribution in [-0.2, 0) is 6.61 Å². The highest BCUT2D eigenvalue weighted by atomic mass is 16.5. The lowest BCUT2D eigenvalue weighted by Crippen LogP contribution is -1.94. The average Bonchev–Trinajstić information content (AvgIpc) is 2.63. The van der Waals surface area contributed by atoms with Crippen LogP contribution in [0.4, 0.5) is 5.69 Å². The molecule has 0 aliphatic carbocycles. The summed E-state index contributed by atoms with van der Waals surface area (Å²) >= 11 is 0. The maximum Gasteiger partial charge on any atom is 0.119 e. The summed E-state index contributed by atoms with van der Waals surface area (Å²) in [6.45, 7) is 4.79. The van der Waals surface area contributed by atoms with Crippen molar-refractivity contribution < 1.29 is 4.74 Å². The molecule has 0 heterocycles. The molecule has 3 aromatic carbocycles. The molecule has 0 saturated carbocycles. The van der Waals surface area contributed by atoms with E-state index in [2.05, 4.69) is 43.1 Å². The summed E-state index contributed by atoms with van der Waals surface area (Å²) < 4.78 is 5.79. The fourth-order valence-electron chi connectivity index (χ4n) is 2.35. The van der Waals surface area contributed by atoms with Gasteiger partial charge in [-0.3, -0.25) is 4.99 Å². The molecular formula is C22H21NO. The van der Waals surface area contributed by atoms with Gasteiger partial charge in [-0.1, -0.05) is 36.4 Å². The van der Waals surface area contributed by atoms with Gasteiger partial charge in [0.25, 0.3) is 0 Å². The lowest BCUT2D eigenvalue weighted by molar-refractivity contribution is 0.306. The van der Waals surface area contributed by atoms with E-state index >= 15 is 0 Å². The van der Waals surface area contributed by atoms with Crippen molar-refractivity contribution in [2.75, 3.05) is 0 Å². The molecule has 24 heavy (non-hydrogen) atoms. The molecule has 120 valence electrons. The van der Waals surface area contributed by atoms with Gasteiger partial charge in [-0.2, -0.15) is 0 Å². The molecule has 0 radical (unpaired) electrons. The van der Waals surface area contributed by atoms with Crippen LogP contribution in [0.25, 0.3) is 0 Å². The van der Waals surface area contributed by atoms with E-state index in [0.29, 0.717) is 6.61 Å². The van der Waals surface area contributed by atoms with E-state index in [0.717, 1.165) is 22.6 Å². The first-order chi connectivity index (χ1) is 11.7. The van der Waals surface area contributed by atoms with Crippen molar-refractivity contribution in [1.29, 1.82) is 0 Å². The number of ether oxygens (including phenoxy) is 1. The minimum Gasteiger partial charge on any atom is -0.489 e. The van der Waals surface area contributed by atoms with Gasteiger partial charge in [0.05, 0.1) is 5.69 Å². The van der Waals surface area contributed by atoms with Crippen LogP contribution in [0.5, 0.6) is 5.75 Å². The van der Waals surface area contributed by atoms with Gasteiger partial charge in [-0.15, -0.1) is 0 Å². The molecule has 0 aliphatic heterocycles. The van der Waals surface area contributed by atoms with Crippen LogP contribution in [0, 0.1) is 13.8 Å². The normalized spacial score (nSPS) is 10.9.